The monoisotopic (exact) mass is 732 g/mol. The molecule has 0 radical (unpaired) electrons. The minimum absolute atomic E-state index is 1.21. The Labute approximate surface area is 336 Å². The highest BCUT2D eigenvalue weighted by Crippen LogP contribution is 2.47. The fourth-order valence-corrected chi connectivity index (χ4v) is 9.65. The van der Waals surface area contributed by atoms with Crippen molar-refractivity contribution in [3.8, 4) is 44.5 Å². The Balaban J connectivity index is 1.16. The smallest absolute Gasteiger partial charge is 0.00259 e. The molecule has 12 aromatic carbocycles. The van der Waals surface area contributed by atoms with Crippen molar-refractivity contribution >= 4 is 75.4 Å². The number of hydrogen-bond donors (Lipinski definition) is 0. The van der Waals surface area contributed by atoms with Crippen LogP contribution in [0, 0.1) is 0 Å². The van der Waals surface area contributed by atoms with Crippen molar-refractivity contribution in [2.45, 2.75) is 0 Å². The highest BCUT2D eigenvalue weighted by atomic mass is 14.2. The van der Waals surface area contributed by atoms with Crippen molar-refractivity contribution in [3.05, 3.63) is 218 Å². The molecule has 0 saturated heterocycles. The van der Waals surface area contributed by atoms with Gasteiger partial charge in [-0.15, -0.1) is 0 Å². The summed E-state index contributed by atoms with van der Waals surface area (Å²) in [5, 5.41) is 17.7. The van der Waals surface area contributed by atoms with Gasteiger partial charge < -0.3 is 0 Å². The Morgan fingerprint density at radius 3 is 1.40 bits per heavy atom. The molecular formula is C58H36. The van der Waals surface area contributed by atoms with E-state index < -0.39 is 0 Å². The minimum Gasteiger partial charge on any atom is -0.0616 e. The molecular weight excluding hydrogens is 697 g/mol. The maximum atomic E-state index is 2.47. The molecule has 58 heavy (non-hydrogen) atoms. The molecule has 0 aliphatic rings. The lowest BCUT2D eigenvalue weighted by Crippen LogP contribution is -1.93. The number of benzene rings is 12. The van der Waals surface area contributed by atoms with Crippen molar-refractivity contribution in [1.82, 2.24) is 0 Å². The average Bonchev–Trinajstić information content (AvgIpc) is 3.29. The van der Waals surface area contributed by atoms with E-state index in [9.17, 15) is 0 Å². The lowest BCUT2D eigenvalue weighted by atomic mass is 9.83. The second-order valence-corrected chi connectivity index (χ2v) is 15.6. The third-order valence-corrected chi connectivity index (χ3v) is 12.4. The van der Waals surface area contributed by atoms with Crippen LogP contribution in [0.25, 0.3) is 120 Å². The lowest BCUT2D eigenvalue weighted by molar-refractivity contribution is 1.62. The predicted molar refractivity (Wildman–Crippen MR) is 251 cm³/mol. The molecule has 0 heteroatoms. The van der Waals surface area contributed by atoms with E-state index in [4.69, 9.17) is 0 Å². The van der Waals surface area contributed by atoms with Crippen LogP contribution in [0.1, 0.15) is 0 Å². The van der Waals surface area contributed by atoms with Gasteiger partial charge >= 0.3 is 0 Å². The average molecular weight is 733 g/mol. The maximum absolute atomic E-state index is 2.47. The Hall–Kier alpha value is -7.54. The van der Waals surface area contributed by atoms with E-state index in [-0.39, 0.29) is 0 Å². The molecule has 0 spiro atoms. The zero-order chi connectivity index (χ0) is 38.2. The summed E-state index contributed by atoms with van der Waals surface area (Å²) in [7, 11) is 0. The van der Waals surface area contributed by atoms with Gasteiger partial charge in [-0.3, -0.25) is 0 Å². The molecule has 0 fully saturated rings. The van der Waals surface area contributed by atoms with Crippen LogP contribution in [0.5, 0.6) is 0 Å². The Morgan fingerprint density at radius 1 is 0.190 bits per heavy atom. The fraction of sp³-hybridized carbons (Fsp3) is 0. The van der Waals surface area contributed by atoms with Crippen LogP contribution in [0.3, 0.4) is 0 Å². The summed E-state index contributed by atoms with van der Waals surface area (Å²) in [6.07, 6.45) is 0. The molecule has 12 aromatic rings. The fourth-order valence-electron chi connectivity index (χ4n) is 9.65. The summed E-state index contributed by atoms with van der Waals surface area (Å²) in [6.45, 7) is 0. The van der Waals surface area contributed by atoms with Crippen LogP contribution < -0.4 is 0 Å². The van der Waals surface area contributed by atoms with E-state index in [0.29, 0.717) is 0 Å². The molecule has 0 nitrogen and oxygen atoms in total. The SMILES string of the molecule is c1cc(-c2ccc3ccccc3c2)cc(-c2c3ccccc3c(-c3ccc4ccccc4c3)c3ccc(-c4cc5ccc6ccccc6c5c5ccccc45)cc23)c1. The largest absolute Gasteiger partial charge is 0.0616 e. The van der Waals surface area contributed by atoms with Gasteiger partial charge in [-0.05, 0) is 150 Å². The standard InChI is InChI=1S/C58H36/c1-3-15-40-32-43(27-24-37(40)12-1)42-17-11-18-45(34-42)58-52-23-10-9-22-51(52)57(46-28-25-38-13-2-4-16-41(38)33-46)53-31-30-44(35-55(53)58)54-36-47-29-26-39-14-5-6-19-48(39)56(47)50-21-8-7-20-49(50)54/h1-36H. The van der Waals surface area contributed by atoms with Gasteiger partial charge in [-0.25, -0.2) is 0 Å². The molecule has 0 N–H and O–H groups in total. The van der Waals surface area contributed by atoms with Crippen molar-refractivity contribution in [2.75, 3.05) is 0 Å². The predicted octanol–water partition coefficient (Wildman–Crippen LogP) is 16.4. The summed E-state index contributed by atoms with van der Waals surface area (Å²) in [4.78, 5) is 0. The first-order valence-electron chi connectivity index (χ1n) is 20.2. The van der Waals surface area contributed by atoms with Crippen LogP contribution in [0.2, 0.25) is 0 Å². The third-order valence-electron chi connectivity index (χ3n) is 12.4. The van der Waals surface area contributed by atoms with Gasteiger partial charge in [0.1, 0.15) is 0 Å². The Morgan fingerprint density at radius 2 is 0.655 bits per heavy atom. The lowest BCUT2D eigenvalue weighted by Gasteiger charge is -2.20. The van der Waals surface area contributed by atoms with E-state index in [1.54, 1.807) is 0 Å². The number of rotatable bonds is 4. The highest BCUT2D eigenvalue weighted by molar-refractivity contribution is 6.25. The zero-order valence-electron chi connectivity index (χ0n) is 31.8. The molecule has 0 atom stereocenters. The normalized spacial score (nSPS) is 11.8. The summed E-state index contributed by atoms with van der Waals surface area (Å²) < 4.78 is 0. The topological polar surface area (TPSA) is 0 Å². The van der Waals surface area contributed by atoms with E-state index >= 15 is 0 Å². The number of fused-ring (bicyclic) bond motifs is 9. The molecule has 0 bridgehead atoms. The van der Waals surface area contributed by atoms with Crippen molar-refractivity contribution in [3.63, 3.8) is 0 Å². The van der Waals surface area contributed by atoms with Crippen LogP contribution in [-0.2, 0) is 0 Å². The molecule has 0 aromatic heterocycles. The van der Waals surface area contributed by atoms with Crippen molar-refractivity contribution in [2.24, 2.45) is 0 Å². The van der Waals surface area contributed by atoms with Crippen LogP contribution >= 0.6 is 0 Å². The van der Waals surface area contributed by atoms with Crippen molar-refractivity contribution < 1.29 is 0 Å². The molecule has 0 aliphatic carbocycles. The van der Waals surface area contributed by atoms with E-state index in [2.05, 4.69) is 218 Å². The molecule has 0 amide bonds. The van der Waals surface area contributed by atoms with E-state index in [1.807, 2.05) is 0 Å². The van der Waals surface area contributed by atoms with Gasteiger partial charge in [0.05, 0.1) is 0 Å². The molecule has 268 valence electrons. The Kier molecular flexibility index (Phi) is 7.33. The molecule has 0 saturated carbocycles. The van der Waals surface area contributed by atoms with Crippen molar-refractivity contribution in [1.29, 1.82) is 0 Å². The molecule has 0 unspecified atom stereocenters. The summed E-state index contributed by atoms with van der Waals surface area (Å²) in [6, 6.07) is 81.1. The highest BCUT2D eigenvalue weighted by Gasteiger charge is 2.19. The zero-order valence-corrected chi connectivity index (χ0v) is 31.8. The maximum Gasteiger partial charge on any atom is -0.00259 e. The minimum atomic E-state index is 1.21. The van der Waals surface area contributed by atoms with Gasteiger partial charge in [0.2, 0.25) is 0 Å². The first kappa shape index (κ1) is 32.7. The summed E-state index contributed by atoms with van der Waals surface area (Å²) in [5.41, 5.74) is 9.86. The van der Waals surface area contributed by atoms with Gasteiger partial charge in [-0.1, -0.05) is 188 Å². The third kappa shape index (κ3) is 5.16. The summed E-state index contributed by atoms with van der Waals surface area (Å²) in [5.74, 6) is 0. The van der Waals surface area contributed by atoms with E-state index in [1.165, 1.54) is 120 Å². The second-order valence-electron chi connectivity index (χ2n) is 15.6. The van der Waals surface area contributed by atoms with Gasteiger partial charge in [0.15, 0.2) is 0 Å². The summed E-state index contributed by atoms with van der Waals surface area (Å²) >= 11 is 0. The molecule has 0 heterocycles. The van der Waals surface area contributed by atoms with Crippen LogP contribution in [-0.4, -0.2) is 0 Å². The van der Waals surface area contributed by atoms with Gasteiger partial charge in [0, 0.05) is 0 Å². The van der Waals surface area contributed by atoms with Gasteiger partial charge in [0.25, 0.3) is 0 Å². The first-order chi connectivity index (χ1) is 28.7. The Bertz CT molecular complexity index is 3620. The molecule has 0 aliphatic heterocycles. The van der Waals surface area contributed by atoms with E-state index in [0.717, 1.165) is 0 Å². The molecule has 12 rings (SSSR count). The quantitative estimate of drug-likeness (QED) is 0.125. The first-order valence-corrected chi connectivity index (χ1v) is 20.2. The van der Waals surface area contributed by atoms with Crippen LogP contribution in [0.15, 0.2) is 218 Å². The number of hydrogen-bond acceptors (Lipinski definition) is 0. The van der Waals surface area contributed by atoms with Gasteiger partial charge in [-0.2, -0.15) is 0 Å². The second kappa shape index (κ2) is 13.0. The van der Waals surface area contributed by atoms with Crippen LogP contribution in [0.4, 0.5) is 0 Å².